The second-order valence-electron chi connectivity index (χ2n) is 4.52. The Bertz CT molecular complexity index is 539. The number of rotatable bonds is 2. The fourth-order valence-electron chi connectivity index (χ4n) is 2.16. The molecular formula is C12H15N5OS. The second-order valence-corrected chi connectivity index (χ2v) is 5.60. The van der Waals surface area contributed by atoms with E-state index >= 15 is 0 Å². The fourth-order valence-corrected chi connectivity index (χ4v) is 3.21. The second kappa shape index (κ2) is 5.40. The van der Waals surface area contributed by atoms with Crippen molar-refractivity contribution < 1.29 is 4.79 Å². The largest absolute Gasteiger partial charge is 0.325 e. The Labute approximate surface area is 114 Å². The van der Waals surface area contributed by atoms with Gasteiger partial charge in [0.1, 0.15) is 0 Å². The van der Waals surface area contributed by atoms with E-state index < -0.39 is 0 Å². The number of aromatic nitrogens is 3. The molecule has 6 nitrogen and oxygen atoms in total. The molecule has 0 saturated heterocycles. The SMILES string of the molecule is O=C(Nc1cn[nH]c1)Nc1nc2c(s1)CCCCC2. The van der Waals surface area contributed by atoms with Gasteiger partial charge in [-0.3, -0.25) is 10.4 Å². The molecule has 0 fully saturated rings. The van der Waals surface area contributed by atoms with Crippen molar-refractivity contribution in [3.05, 3.63) is 23.0 Å². The van der Waals surface area contributed by atoms with Gasteiger partial charge in [0, 0.05) is 11.1 Å². The lowest BCUT2D eigenvalue weighted by molar-refractivity contribution is 0.262. The molecule has 0 radical (unpaired) electrons. The van der Waals surface area contributed by atoms with E-state index in [-0.39, 0.29) is 6.03 Å². The van der Waals surface area contributed by atoms with Crippen LogP contribution in [0.5, 0.6) is 0 Å². The third kappa shape index (κ3) is 2.93. The van der Waals surface area contributed by atoms with E-state index in [1.165, 1.54) is 24.1 Å². The molecule has 0 aliphatic heterocycles. The molecule has 3 N–H and O–H groups in total. The van der Waals surface area contributed by atoms with E-state index in [1.54, 1.807) is 23.7 Å². The predicted molar refractivity (Wildman–Crippen MR) is 74.6 cm³/mol. The summed E-state index contributed by atoms with van der Waals surface area (Å²) in [5.74, 6) is 0. The van der Waals surface area contributed by atoms with E-state index in [4.69, 9.17) is 0 Å². The van der Waals surface area contributed by atoms with Crippen molar-refractivity contribution >= 4 is 28.2 Å². The van der Waals surface area contributed by atoms with Crippen molar-refractivity contribution in [2.24, 2.45) is 0 Å². The first kappa shape index (κ1) is 12.2. The molecule has 2 aromatic rings. The maximum Gasteiger partial charge on any atom is 0.325 e. The van der Waals surface area contributed by atoms with E-state index in [0.717, 1.165) is 18.5 Å². The van der Waals surface area contributed by atoms with E-state index in [2.05, 4.69) is 25.8 Å². The number of aryl methyl sites for hydroxylation is 2. The number of hydrogen-bond acceptors (Lipinski definition) is 4. The first-order valence-electron chi connectivity index (χ1n) is 6.36. The zero-order chi connectivity index (χ0) is 13.1. The van der Waals surface area contributed by atoms with Gasteiger partial charge in [-0.05, 0) is 25.7 Å². The van der Waals surface area contributed by atoms with Crippen LogP contribution < -0.4 is 10.6 Å². The van der Waals surface area contributed by atoms with Gasteiger partial charge in [-0.25, -0.2) is 9.78 Å². The fraction of sp³-hybridized carbons (Fsp3) is 0.417. The number of nitrogens with one attached hydrogen (secondary N) is 3. The third-order valence-electron chi connectivity index (χ3n) is 3.07. The average molecular weight is 277 g/mol. The van der Waals surface area contributed by atoms with Gasteiger partial charge in [0.05, 0.1) is 17.6 Å². The molecule has 2 heterocycles. The Hall–Kier alpha value is -1.89. The standard InChI is InChI=1S/C12H15N5OS/c18-11(15-8-6-13-14-7-8)17-12-16-9-4-2-1-3-5-10(9)19-12/h6-7H,1-5H2,(H,13,14)(H2,15,16,17,18). The molecule has 0 unspecified atom stereocenters. The Kier molecular flexibility index (Phi) is 3.45. The van der Waals surface area contributed by atoms with Crippen molar-refractivity contribution in [3.63, 3.8) is 0 Å². The zero-order valence-corrected chi connectivity index (χ0v) is 11.2. The molecule has 0 bridgehead atoms. The topological polar surface area (TPSA) is 82.7 Å². The summed E-state index contributed by atoms with van der Waals surface area (Å²) in [4.78, 5) is 17.6. The summed E-state index contributed by atoms with van der Waals surface area (Å²) in [7, 11) is 0. The minimum Gasteiger partial charge on any atom is -0.305 e. The number of carbonyl (C=O) groups excluding carboxylic acids is 1. The molecule has 0 saturated carbocycles. The van der Waals surface area contributed by atoms with Crippen LogP contribution in [-0.2, 0) is 12.8 Å². The smallest absolute Gasteiger partial charge is 0.305 e. The lowest BCUT2D eigenvalue weighted by Gasteiger charge is -2.01. The number of thiazole rings is 1. The van der Waals surface area contributed by atoms with Crippen LogP contribution in [0.2, 0.25) is 0 Å². The summed E-state index contributed by atoms with van der Waals surface area (Å²) in [5.41, 5.74) is 1.79. The van der Waals surface area contributed by atoms with Gasteiger partial charge in [-0.15, -0.1) is 11.3 Å². The molecule has 2 amide bonds. The predicted octanol–water partition coefficient (Wildman–Crippen LogP) is 2.78. The highest BCUT2D eigenvalue weighted by Crippen LogP contribution is 2.28. The summed E-state index contributed by atoms with van der Waals surface area (Å²) in [6, 6.07) is -0.287. The van der Waals surface area contributed by atoms with Gasteiger partial charge in [0.15, 0.2) is 5.13 Å². The third-order valence-corrected chi connectivity index (χ3v) is 4.15. The van der Waals surface area contributed by atoms with Gasteiger partial charge in [-0.1, -0.05) is 6.42 Å². The molecule has 7 heteroatoms. The van der Waals surface area contributed by atoms with E-state index in [9.17, 15) is 4.79 Å². The minimum atomic E-state index is -0.287. The molecule has 1 aliphatic rings. The molecule has 19 heavy (non-hydrogen) atoms. The van der Waals surface area contributed by atoms with Crippen LogP contribution in [0.4, 0.5) is 15.6 Å². The molecule has 2 aromatic heterocycles. The van der Waals surface area contributed by atoms with Crippen molar-refractivity contribution in [2.45, 2.75) is 32.1 Å². The van der Waals surface area contributed by atoms with Crippen molar-refractivity contribution in [1.82, 2.24) is 15.2 Å². The van der Waals surface area contributed by atoms with Gasteiger partial charge in [-0.2, -0.15) is 5.10 Å². The molecule has 100 valence electrons. The van der Waals surface area contributed by atoms with Gasteiger partial charge >= 0.3 is 6.03 Å². The minimum absolute atomic E-state index is 0.287. The van der Waals surface area contributed by atoms with Crippen LogP contribution in [0.3, 0.4) is 0 Å². The molecule has 3 rings (SSSR count). The molecular weight excluding hydrogens is 262 g/mol. The Morgan fingerprint density at radius 3 is 3.00 bits per heavy atom. The van der Waals surface area contributed by atoms with Crippen LogP contribution >= 0.6 is 11.3 Å². The molecule has 0 spiro atoms. The number of nitrogens with zero attached hydrogens (tertiary/aromatic N) is 2. The average Bonchev–Trinajstić information content (AvgIpc) is 2.95. The summed E-state index contributed by atoms with van der Waals surface area (Å²) >= 11 is 1.58. The highest BCUT2D eigenvalue weighted by Gasteiger charge is 2.15. The monoisotopic (exact) mass is 277 g/mol. The highest BCUT2D eigenvalue weighted by atomic mass is 32.1. The maximum absolute atomic E-state index is 11.8. The summed E-state index contributed by atoms with van der Waals surface area (Å²) in [5, 5.41) is 12.5. The number of H-pyrrole nitrogens is 1. The summed E-state index contributed by atoms with van der Waals surface area (Å²) in [6.45, 7) is 0. The summed E-state index contributed by atoms with van der Waals surface area (Å²) in [6.07, 6.45) is 8.96. The van der Waals surface area contributed by atoms with E-state index in [0.29, 0.717) is 10.8 Å². The number of hydrogen-bond donors (Lipinski definition) is 3. The summed E-state index contributed by atoms with van der Waals surface area (Å²) < 4.78 is 0. The highest BCUT2D eigenvalue weighted by molar-refractivity contribution is 7.15. The first-order chi connectivity index (χ1) is 9.31. The Balaban J connectivity index is 1.65. The molecule has 0 aromatic carbocycles. The van der Waals surface area contributed by atoms with Gasteiger partial charge in [0.2, 0.25) is 0 Å². The van der Waals surface area contributed by atoms with Crippen molar-refractivity contribution in [1.29, 1.82) is 0 Å². The lowest BCUT2D eigenvalue weighted by atomic mass is 10.2. The van der Waals surface area contributed by atoms with Crippen LogP contribution in [0.15, 0.2) is 12.4 Å². The normalized spacial score (nSPS) is 14.5. The van der Waals surface area contributed by atoms with Crippen LogP contribution in [0.25, 0.3) is 0 Å². The number of fused-ring (bicyclic) bond motifs is 1. The zero-order valence-electron chi connectivity index (χ0n) is 10.4. The number of urea groups is 1. The number of anilines is 2. The quantitative estimate of drug-likeness (QED) is 0.738. The Morgan fingerprint density at radius 2 is 2.16 bits per heavy atom. The van der Waals surface area contributed by atoms with Crippen LogP contribution in [0, 0.1) is 0 Å². The lowest BCUT2D eigenvalue weighted by Crippen LogP contribution is -2.18. The number of aromatic amines is 1. The van der Waals surface area contributed by atoms with E-state index in [1.807, 2.05) is 0 Å². The maximum atomic E-state index is 11.8. The first-order valence-corrected chi connectivity index (χ1v) is 7.18. The van der Waals surface area contributed by atoms with Crippen LogP contribution in [-0.4, -0.2) is 21.2 Å². The molecule has 1 aliphatic carbocycles. The Morgan fingerprint density at radius 1 is 1.26 bits per heavy atom. The number of amides is 2. The van der Waals surface area contributed by atoms with Gasteiger partial charge in [0.25, 0.3) is 0 Å². The molecule has 0 atom stereocenters. The van der Waals surface area contributed by atoms with Crippen molar-refractivity contribution in [3.8, 4) is 0 Å². The number of carbonyl (C=O) groups is 1. The van der Waals surface area contributed by atoms with Crippen LogP contribution in [0.1, 0.15) is 29.8 Å². The van der Waals surface area contributed by atoms with Gasteiger partial charge < -0.3 is 5.32 Å². The van der Waals surface area contributed by atoms with Crippen molar-refractivity contribution in [2.75, 3.05) is 10.6 Å².